The number of carbonyl (C=O) groups excluding carboxylic acids is 1. The smallest absolute Gasteiger partial charge is 0.171 e. The number of carbonyl (C=O) groups is 1. The van der Waals surface area contributed by atoms with E-state index in [1.807, 2.05) is 0 Å². The van der Waals surface area contributed by atoms with E-state index in [1.54, 1.807) is 6.92 Å². The van der Waals surface area contributed by atoms with Gasteiger partial charge in [0.1, 0.15) is 0 Å². The highest BCUT2D eigenvalue weighted by atomic mass is 32.1. The van der Waals surface area contributed by atoms with E-state index in [9.17, 15) is 4.79 Å². The number of hydrogen-bond acceptors (Lipinski definition) is 6. The Labute approximate surface area is 129 Å². The van der Waals surface area contributed by atoms with Crippen molar-refractivity contribution < 1.29 is 9.53 Å². The maximum absolute atomic E-state index is 11.7. The molecule has 3 N–H and O–H groups in total. The van der Waals surface area contributed by atoms with E-state index in [-0.39, 0.29) is 5.78 Å². The van der Waals surface area contributed by atoms with Gasteiger partial charge in [-0.15, -0.1) is 11.3 Å². The fourth-order valence-corrected chi connectivity index (χ4v) is 3.91. The van der Waals surface area contributed by atoms with Gasteiger partial charge in [0.25, 0.3) is 0 Å². The summed E-state index contributed by atoms with van der Waals surface area (Å²) in [5.41, 5.74) is 8.08. The molecule has 0 amide bonds. The van der Waals surface area contributed by atoms with Gasteiger partial charge in [-0.25, -0.2) is 0 Å². The number of nitrogens with zero attached hydrogens (tertiary/aromatic N) is 1. The summed E-state index contributed by atoms with van der Waals surface area (Å²) in [6.07, 6.45) is 2.38. The standard InChI is InChI=1S/C15H23N3O2S/c1-10(19)14-13(16)12(11-2-3-11)15(21-14)17-4-5-18-6-8-20-9-7-18/h11,17H,2-9,16H2,1H3. The molecule has 116 valence electrons. The van der Waals surface area contributed by atoms with Crippen LogP contribution < -0.4 is 11.1 Å². The molecule has 1 aliphatic heterocycles. The summed E-state index contributed by atoms with van der Waals surface area (Å²) in [7, 11) is 0. The molecule has 1 aromatic rings. The number of nitrogen functional groups attached to an aromatic ring is 1. The highest BCUT2D eigenvalue weighted by molar-refractivity contribution is 7.18. The number of morpholine rings is 1. The molecule has 2 fully saturated rings. The molecule has 0 atom stereocenters. The first kappa shape index (κ1) is 14.8. The summed E-state index contributed by atoms with van der Waals surface area (Å²) in [5.74, 6) is 0.626. The van der Waals surface area contributed by atoms with Crippen LogP contribution in [0.4, 0.5) is 10.7 Å². The largest absolute Gasteiger partial charge is 0.397 e. The highest BCUT2D eigenvalue weighted by Crippen LogP contribution is 2.50. The van der Waals surface area contributed by atoms with Gasteiger partial charge in [0.05, 0.1) is 28.8 Å². The van der Waals surface area contributed by atoms with E-state index in [1.165, 1.54) is 29.7 Å². The second-order valence-electron chi connectivity index (χ2n) is 5.80. The van der Waals surface area contributed by atoms with Gasteiger partial charge in [0, 0.05) is 38.7 Å². The number of nitrogens with one attached hydrogen (secondary N) is 1. The number of Topliss-reactive ketones (excluding diaryl/α,β-unsaturated/α-hetero) is 1. The summed E-state index contributed by atoms with van der Waals surface area (Å²) in [5, 5.41) is 4.61. The molecule has 0 radical (unpaired) electrons. The number of thiophene rings is 1. The van der Waals surface area contributed by atoms with Gasteiger partial charge >= 0.3 is 0 Å². The lowest BCUT2D eigenvalue weighted by atomic mass is 10.1. The Morgan fingerprint density at radius 1 is 1.43 bits per heavy atom. The molecule has 1 saturated carbocycles. The normalized spacial score (nSPS) is 19.7. The van der Waals surface area contributed by atoms with Crippen LogP contribution in [0, 0.1) is 0 Å². The van der Waals surface area contributed by atoms with E-state index >= 15 is 0 Å². The minimum Gasteiger partial charge on any atom is -0.397 e. The maximum Gasteiger partial charge on any atom is 0.171 e. The number of nitrogens with two attached hydrogens (primary N) is 1. The molecular weight excluding hydrogens is 286 g/mol. The summed E-state index contributed by atoms with van der Waals surface area (Å²) < 4.78 is 5.35. The molecule has 1 aromatic heterocycles. The van der Waals surface area contributed by atoms with Crippen molar-refractivity contribution in [2.24, 2.45) is 0 Å². The Hall–Kier alpha value is -1.11. The van der Waals surface area contributed by atoms with Gasteiger partial charge in [-0.05, 0) is 18.8 Å². The van der Waals surface area contributed by atoms with E-state index in [0.717, 1.165) is 44.4 Å². The molecule has 2 heterocycles. The fraction of sp³-hybridized carbons (Fsp3) is 0.667. The number of rotatable bonds is 6. The summed E-state index contributed by atoms with van der Waals surface area (Å²) in [4.78, 5) is 14.8. The molecule has 1 aliphatic carbocycles. The number of ether oxygens (including phenoxy) is 1. The summed E-state index contributed by atoms with van der Waals surface area (Å²) in [6, 6.07) is 0. The first-order valence-electron chi connectivity index (χ1n) is 7.64. The Morgan fingerprint density at radius 3 is 2.76 bits per heavy atom. The molecule has 0 bridgehead atoms. The van der Waals surface area contributed by atoms with Crippen molar-refractivity contribution in [1.29, 1.82) is 0 Å². The lowest BCUT2D eigenvalue weighted by Gasteiger charge is -2.26. The van der Waals surface area contributed by atoms with Crippen LogP contribution in [0.3, 0.4) is 0 Å². The molecule has 21 heavy (non-hydrogen) atoms. The Balaban J connectivity index is 1.64. The fourth-order valence-electron chi connectivity index (χ4n) is 2.78. The minimum absolute atomic E-state index is 0.0700. The topological polar surface area (TPSA) is 67.6 Å². The van der Waals surface area contributed by atoms with Crippen molar-refractivity contribution in [3.63, 3.8) is 0 Å². The van der Waals surface area contributed by atoms with Crippen molar-refractivity contribution in [2.75, 3.05) is 50.4 Å². The lowest BCUT2D eigenvalue weighted by Crippen LogP contribution is -2.39. The zero-order valence-corrected chi connectivity index (χ0v) is 13.3. The third kappa shape index (κ3) is 3.39. The predicted octanol–water partition coefficient (Wildman–Crippen LogP) is 2.15. The van der Waals surface area contributed by atoms with Crippen molar-refractivity contribution >= 4 is 27.8 Å². The van der Waals surface area contributed by atoms with Gasteiger partial charge in [-0.2, -0.15) is 0 Å². The van der Waals surface area contributed by atoms with Crippen LogP contribution in [-0.4, -0.2) is 50.1 Å². The molecule has 1 saturated heterocycles. The van der Waals surface area contributed by atoms with Crippen molar-refractivity contribution in [2.45, 2.75) is 25.7 Å². The maximum atomic E-state index is 11.7. The minimum atomic E-state index is 0.0700. The average Bonchev–Trinajstić information content (AvgIpc) is 3.24. The van der Waals surface area contributed by atoms with E-state index in [4.69, 9.17) is 10.5 Å². The first-order valence-corrected chi connectivity index (χ1v) is 8.45. The lowest BCUT2D eigenvalue weighted by molar-refractivity contribution is 0.0398. The molecular formula is C15H23N3O2S. The first-order chi connectivity index (χ1) is 10.2. The van der Waals surface area contributed by atoms with E-state index in [2.05, 4.69) is 10.2 Å². The zero-order chi connectivity index (χ0) is 14.8. The SMILES string of the molecule is CC(=O)c1sc(NCCN2CCOCC2)c(C2CC2)c1N. The van der Waals surface area contributed by atoms with Gasteiger partial charge in [-0.3, -0.25) is 9.69 Å². The summed E-state index contributed by atoms with van der Waals surface area (Å²) >= 11 is 1.52. The molecule has 0 aromatic carbocycles. The Morgan fingerprint density at radius 2 is 2.14 bits per heavy atom. The second kappa shape index (κ2) is 6.34. The molecule has 2 aliphatic rings. The zero-order valence-electron chi connectivity index (χ0n) is 12.5. The number of ketones is 1. The molecule has 0 spiro atoms. The van der Waals surface area contributed by atoms with Crippen LogP contribution in [0.2, 0.25) is 0 Å². The Bertz CT molecular complexity index is 519. The van der Waals surface area contributed by atoms with Crippen molar-refractivity contribution in [1.82, 2.24) is 4.90 Å². The molecule has 5 nitrogen and oxygen atoms in total. The Kier molecular flexibility index (Phi) is 4.47. The molecule has 6 heteroatoms. The van der Waals surface area contributed by atoms with Crippen LogP contribution in [0.1, 0.15) is 40.9 Å². The van der Waals surface area contributed by atoms with Gasteiger partial charge < -0.3 is 15.8 Å². The average molecular weight is 309 g/mol. The van der Waals surface area contributed by atoms with Gasteiger partial charge in [0.15, 0.2) is 5.78 Å². The van der Waals surface area contributed by atoms with Crippen molar-refractivity contribution in [3.05, 3.63) is 10.4 Å². The highest BCUT2D eigenvalue weighted by Gasteiger charge is 2.32. The van der Waals surface area contributed by atoms with Gasteiger partial charge in [0.2, 0.25) is 0 Å². The third-order valence-corrected chi connectivity index (χ3v) is 5.39. The van der Waals surface area contributed by atoms with E-state index < -0.39 is 0 Å². The third-order valence-electron chi connectivity index (χ3n) is 4.11. The molecule has 0 unspecified atom stereocenters. The van der Waals surface area contributed by atoms with Gasteiger partial charge in [-0.1, -0.05) is 0 Å². The van der Waals surface area contributed by atoms with Crippen molar-refractivity contribution in [3.8, 4) is 0 Å². The predicted molar refractivity (Wildman–Crippen MR) is 86.5 cm³/mol. The van der Waals surface area contributed by atoms with Crippen LogP contribution in [0.5, 0.6) is 0 Å². The second-order valence-corrected chi connectivity index (χ2v) is 6.82. The summed E-state index contributed by atoms with van der Waals surface area (Å²) in [6.45, 7) is 7.14. The van der Waals surface area contributed by atoms with Crippen LogP contribution in [-0.2, 0) is 4.74 Å². The van der Waals surface area contributed by atoms with Crippen LogP contribution in [0.25, 0.3) is 0 Å². The quantitative estimate of drug-likeness (QED) is 0.788. The van der Waals surface area contributed by atoms with Crippen LogP contribution in [0.15, 0.2) is 0 Å². The number of hydrogen-bond donors (Lipinski definition) is 2. The van der Waals surface area contributed by atoms with E-state index in [0.29, 0.717) is 16.5 Å². The molecule has 3 rings (SSSR count). The van der Waals surface area contributed by atoms with Crippen LogP contribution >= 0.6 is 11.3 Å². The number of anilines is 2. The monoisotopic (exact) mass is 309 g/mol.